The van der Waals surface area contributed by atoms with Gasteiger partial charge in [0, 0.05) is 11.1 Å². The predicted octanol–water partition coefficient (Wildman–Crippen LogP) is 3.83. The highest BCUT2D eigenvalue weighted by molar-refractivity contribution is 7.92. The lowest BCUT2D eigenvalue weighted by atomic mass is 10.0. The van der Waals surface area contributed by atoms with Crippen LogP contribution in [0.1, 0.15) is 19.4 Å². The van der Waals surface area contributed by atoms with Crippen LogP contribution in [0.5, 0.6) is 0 Å². The minimum Gasteiger partial charge on any atom is -0.218 e. The first-order chi connectivity index (χ1) is 8.60. The van der Waals surface area contributed by atoms with Crippen molar-refractivity contribution >= 4 is 9.84 Å². The number of rotatable bonds is 0. The monoisotopic (exact) mass is 260 g/mol. The van der Waals surface area contributed by atoms with Gasteiger partial charge in [-0.25, -0.2) is 8.42 Å². The molecule has 0 bridgehead atoms. The Morgan fingerprint density at radius 3 is 2.17 bits per heavy atom. The van der Waals surface area contributed by atoms with Crippen LogP contribution >= 0.6 is 0 Å². The number of sulfone groups is 1. The van der Waals surface area contributed by atoms with Gasteiger partial charge in [0.2, 0.25) is 9.84 Å². The summed E-state index contributed by atoms with van der Waals surface area (Å²) in [4.78, 5) is 0.856. The van der Waals surface area contributed by atoms with Crippen LogP contribution in [0.3, 0.4) is 0 Å². The molecular weight excluding hydrogens is 244 g/mol. The van der Waals surface area contributed by atoms with E-state index < -0.39 is 9.84 Å². The average molecular weight is 260 g/mol. The molecule has 0 amide bonds. The molecule has 1 heterocycles. The van der Waals surface area contributed by atoms with Crippen molar-refractivity contribution in [2.24, 2.45) is 0 Å². The maximum atomic E-state index is 12.2. The lowest BCUT2D eigenvalue weighted by molar-refractivity contribution is 0.598. The highest BCUT2D eigenvalue weighted by Gasteiger charge is 2.31. The molecule has 0 unspecified atom stereocenters. The molecule has 0 atom stereocenters. The molecular formula is C15H16O2S. The van der Waals surface area contributed by atoms with Gasteiger partial charge in [0.25, 0.3) is 0 Å². The van der Waals surface area contributed by atoms with Crippen LogP contribution < -0.4 is 0 Å². The SMILES string of the molecule is CC.Cc1ccc2c(c1)-c1ccccc1S2(=O)=O. The second kappa shape index (κ2) is 4.58. The lowest BCUT2D eigenvalue weighted by Gasteiger charge is -1.99. The van der Waals surface area contributed by atoms with E-state index in [1.165, 1.54) is 0 Å². The summed E-state index contributed by atoms with van der Waals surface area (Å²) < 4.78 is 24.4. The lowest BCUT2D eigenvalue weighted by Crippen LogP contribution is -1.95. The Balaban J connectivity index is 0.000000574. The standard InChI is InChI=1S/C13H10O2S.C2H6/c1-9-6-7-13-11(8-9)10-4-2-3-5-12(10)16(13,14)15;1-2/h2-8H,1H3;1-2H3. The zero-order valence-corrected chi connectivity index (χ0v) is 11.6. The first kappa shape index (κ1) is 12.8. The Bertz CT molecular complexity index is 685. The summed E-state index contributed by atoms with van der Waals surface area (Å²) in [6.07, 6.45) is 0. The molecule has 18 heavy (non-hydrogen) atoms. The van der Waals surface area contributed by atoms with Gasteiger partial charge in [-0.3, -0.25) is 0 Å². The van der Waals surface area contributed by atoms with Crippen molar-refractivity contribution in [1.29, 1.82) is 0 Å². The van der Waals surface area contributed by atoms with Gasteiger partial charge in [-0.2, -0.15) is 0 Å². The Morgan fingerprint density at radius 1 is 0.833 bits per heavy atom. The van der Waals surface area contributed by atoms with E-state index in [0.717, 1.165) is 16.7 Å². The van der Waals surface area contributed by atoms with E-state index in [-0.39, 0.29) is 0 Å². The van der Waals surface area contributed by atoms with E-state index in [9.17, 15) is 8.42 Å². The van der Waals surface area contributed by atoms with Gasteiger partial charge in [-0.05, 0) is 19.1 Å². The van der Waals surface area contributed by atoms with Gasteiger partial charge in [-0.15, -0.1) is 0 Å². The Morgan fingerprint density at radius 2 is 1.44 bits per heavy atom. The van der Waals surface area contributed by atoms with Gasteiger partial charge in [0.15, 0.2) is 0 Å². The molecule has 3 heteroatoms. The molecule has 1 aliphatic rings. The van der Waals surface area contributed by atoms with E-state index >= 15 is 0 Å². The maximum absolute atomic E-state index is 12.2. The predicted molar refractivity (Wildman–Crippen MR) is 73.4 cm³/mol. The normalized spacial score (nSPS) is 14.2. The Labute approximate surface area is 108 Å². The van der Waals surface area contributed by atoms with Crippen LogP contribution in [-0.4, -0.2) is 8.42 Å². The van der Waals surface area contributed by atoms with E-state index in [1.54, 1.807) is 18.2 Å². The van der Waals surface area contributed by atoms with Crippen molar-refractivity contribution < 1.29 is 8.42 Å². The molecule has 1 aliphatic heterocycles. The molecule has 0 aliphatic carbocycles. The molecule has 0 radical (unpaired) electrons. The van der Waals surface area contributed by atoms with Crippen LogP contribution in [0.4, 0.5) is 0 Å². The molecule has 0 aromatic heterocycles. The van der Waals surface area contributed by atoms with Crippen LogP contribution in [0.2, 0.25) is 0 Å². The molecule has 2 nitrogen and oxygen atoms in total. The van der Waals surface area contributed by atoms with Crippen LogP contribution in [0, 0.1) is 6.92 Å². The molecule has 0 spiro atoms. The first-order valence-corrected chi connectivity index (χ1v) is 7.54. The zero-order chi connectivity index (χ0) is 13.3. The summed E-state index contributed by atoms with van der Waals surface area (Å²) in [5.41, 5.74) is 2.72. The van der Waals surface area contributed by atoms with Crippen LogP contribution in [-0.2, 0) is 9.84 Å². The van der Waals surface area contributed by atoms with Crippen molar-refractivity contribution in [2.75, 3.05) is 0 Å². The zero-order valence-electron chi connectivity index (χ0n) is 10.8. The third kappa shape index (κ3) is 1.75. The third-order valence-corrected chi connectivity index (χ3v) is 4.76. The number of aryl methyl sites for hydroxylation is 1. The van der Waals surface area contributed by atoms with E-state index in [0.29, 0.717) is 9.79 Å². The number of hydrogen-bond donors (Lipinski definition) is 0. The smallest absolute Gasteiger partial charge is 0.207 e. The van der Waals surface area contributed by atoms with Gasteiger partial charge in [-0.1, -0.05) is 49.7 Å². The molecule has 0 saturated heterocycles. The summed E-state index contributed by atoms with van der Waals surface area (Å²) in [5.74, 6) is 0. The molecule has 2 aromatic carbocycles. The Hall–Kier alpha value is -1.61. The average Bonchev–Trinajstić information content (AvgIpc) is 2.61. The second-order valence-corrected chi connectivity index (χ2v) is 5.89. The number of benzene rings is 2. The quantitative estimate of drug-likeness (QED) is 0.615. The molecule has 2 aromatic rings. The van der Waals surface area contributed by atoms with Gasteiger partial charge in [0.1, 0.15) is 0 Å². The summed E-state index contributed by atoms with van der Waals surface area (Å²) >= 11 is 0. The highest BCUT2D eigenvalue weighted by Crippen LogP contribution is 2.42. The van der Waals surface area contributed by atoms with E-state index in [1.807, 2.05) is 45.0 Å². The van der Waals surface area contributed by atoms with Crippen LogP contribution in [0.25, 0.3) is 11.1 Å². The minimum atomic E-state index is -3.28. The number of hydrogen-bond acceptors (Lipinski definition) is 2. The second-order valence-electron chi connectivity index (χ2n) is 4.00. The molecule has 3 rings (SSSR count). The number of fused-ring (bicyclic) bond motifs is 3. The fourth-order valence-electron chi connectivity index (χ4n) is 2.13. The van der Waals surface area contributed by atoms with Gasteiger partial charge in [0.05, 0.1) is 9.79 Å². The molecule has 0 saturated carbocycles. The van der Waals surface area contributed by atoms with Crippen LogP contribution in [0.15, 0.2) is 52.3 Å². The van der Waals surface area contributed by atoms with Crippen molar-refractivity contribution in [1.82, 2.24) is 0 Å². The first-order valence-electron chi connectivity index (χ1n) is 6.06. The topological polar surface area (TPSA) is 34.1 Å². The minimum absolute atomic E-state index is 0.426. The molecule has 0 N–H and O–H groups in total. The fourth-order valence-corrected chi connectivity index (χ4v) is 3.80. The van der Waals surface area contributed by atoms with Crippen molar-refractivity contribution in [3.05, 3.63) is 48.0 Å². The fraction of sp³-hybridized carbons (Fsp3) is 0.200. The molecule has 0 fully saturated rings. The summed E-state index contributed by atoms with van der Waals surface area (Å²) in [6, 6.07) is 12.6. The van der Waals surface area contributed by atoms with E-state index in [4.69, 9.17) is 0 Å². The Kier molecular flexibility index (Phi) is 3.26. The summed E-state index contributed by atoms with van der Waals surface area (Å²) in [7, 11) is -3.28. The maximum Gasteiger partial charge on any atom is 0.207 e. The van der Waals surface area contributed by atoms with Gasteiger partial charge < -0.3 is 0 Å². The third-order valence-electron chi connectivity index (χ3n) is 2.89. The summed E-state index contributed by atoms with van der Waals surface area (Å²) in [6.45, 7) is 5.97. The van der Waals surface area contributed by atoms with Crippen molar-refractivity contribution in [3.63, 3.8) is 0 Å². The summed E-state index contributed by atoms with van der Waals surface area (Å²) in [5, 5.41) is 0. The highest BCUT2D eigenvalue weighted by atomic mass is 32.2. The van der Waals surface area contributed by atoms with Gasteiger partial charge >= 0.3 is 0 Å². The largest absolute Gasteiger partial charge is 0.218 e. The van der Waals surface area contributed by atoms with Crippen molar-refractivity contribution in [2.45, 2.75) is 30.6 Å². The van der Waals surface area contributed by atoms with Crippen molar-refractivity contribution in [3.8, 4) is 11.1 Å². The van der Waals surface area contributed by atoms with E-state index in [2.05, 4.69) is 0 Å². The molecule has 94 valence electrons.